The Morgan fingerprint density at radius 3 is 2.65 bits per heavy atom. The van der Waals surface area contributed by atoms with Crippen LogP contribution in [0.4, 0.5) is 17.6 Å². The van der Waals surface area contributed by atoms with Crippen molar-refractivity contribution in [2.24, 2.45) is 0 Å². The lowest BCUT2D eigenvalue weighted by molar-refractivity contribution is -0.0329. The van der Waals surface area contributed by atoms with Gasteiger partial charge in [0.25, 0.3) is 0 Å². The topological polar surface area (TPSA) is 21.3 Å². The molecule has 1 aromatic rings. The van der Waals surface area contributed by atoms with E-state index in [1.165, 1.54) is 12.1 Å². The van der Waals surface area contributed by atoms with E-state index in [2.05, 4.69) is 5.32 Å². The molecule has 1 aliphatic carbocycles. The number of ether oxygens (including phenoxy) is 1. The van der Waals surface area contributed by atoms with Gasteiger partial charge in [-0.25, -0.2) is 4.39 Å². The molecule has 0 saturated heterocycles. The van der Waals surface area contributed by atoms with E-state index in [0.29, 0.717) is 12.6 Å². The lowest BCUT2D eigenvalue weighted by atomic mass is 10.2. The van der Waals surface area contributed by atoms with E-state index in [9.17, 15) is 17.6 Å². The summed E-state index contributed by atoms with van der Waals surface area (Å²) in [5.41, 5.74) is -3.48. The molecule has 1 aliphatic rings. The zero-order chi connectivity index (χ0) is 14.6. The highest BCUT2D eigenvalue weighted by atomic mass is 32.2. The van der Waals surface area contributed by atoms with Crippen LogP contribution in [0.2, 0.25) is 0 Å². The van der Waals surface area contributed by atoms with Crippen molar-refractivity contribution in [2.75, 3.05) is 12.4 Å². The maximum Gasteiger partial charge on any atom is 0.441 e. The smallest absolute Gasteiger partial charge is 0.441 e. The summed E-state index contributed by atoms with van der Waals surface area (Å²) in [6.45, 7) is 0.409. The highest BCUT2D eigenvalue weighted by Crippen LogP contribution is 2.30. The number of hydrogen-bond acceptors (Lipinski definition) is 3. The largest absolute Gasteiger partial charge is 0.490 e. The summed E-state index contributed by atoms with van der Waals surface area (Å²) in [6.07, 6.45) is 2.31. The molecule has 0 radical (unpaired) electrons. The Morgan fingerprint density at radius 1 is 1.30 bits per heavy atom. The second-order valence-corrected chi connectivity index (χ2v) is 5.72. The van der Waals surface area contributed by atoms with Crippen LogP contribution in [0.5, 0.6) is 5.75 Å². The molecule has 1 N–H and O–H groups in total. The fraction of sp³-hybridized carbons (Fsp3) is 0.538. The van der Waals surface area contributed by atoms with E-state index in [0.717, 1.165) is 18.4 Å². The summed E-state index contributed by atoms with van der Waals surface area (Å²) < 4.78 is 54.4. The van der Waals surface area contributed by atoms with E-state index in [1.807, 2.05) is 0 Å². The summed E-state index contributed by atoms with van der Waals surface area (Å²) in [4.78, 5) is 0. The maximum atomic E-state index is 13.7. The van der Waals surface area contributed by atoms with Crippen molar-refractivity contribution in [3.8, 4) is 5.75 Å². The third-order valence-corrected chi connectivity index (χ3v) is 3.47. The zero-order valence-corrected chi connectivity index (χ0v) is 11.5. The van der Waals surface area contributed by atoms with Crippen LogP contribution in [0.15, 0.2) is 18.2 Å². The Morgan fingerprint density at radius 2 is 2.05 bits per heavy atom. The molecule has 0 atom stereocenters. The third-order valence-electron chi connectivity index (χ3n) is 2.78. The molecule has 0 amide bonds. The molecule has 1 saturated carbocycles. The normalized spacial score (nSPS) is 15.4. The Balaban J connectivity index is 1.76. The molecule has 2 nitrogen and oxygen atoms in total. The minimum atomic E-state index is -4.28. The van der Waals surface area contributed by atoms with Gasteiger partial charge in [0, 0.05) is 18.3 Å². The van der Waals surface area contributed by atoms with E-state index in [-0.39, 0.29) is 29.9 Å². The highest BCUT2D eigenvalue weighted by molar-refractivity contribution is 8.00. The number of nitrogens with one attached hydrogen (secondary N) is 1. The number of rotatable bonds is 7. The third kappa shape index (κ3) is 5.58. The first-order chi connectivity index (χ1) is 9.44. The lowest BCUT2D eigenvalue weighted by Gasteiger charge is -2.10. The summed E-state index contributed by atoms with van der Waals surface area (Å²) in [5.74, 6) is -0.812. The quantitative estimate of drug-likeness (QED) is 0.613. The van der Waals surface area contributed by atoms with Gasteiger partial charge in [0.05, 0.1) is 6.61 Å². The number of alkyl halides is 3. The number of halogens is 4. The first kappa shape index (κ1) is 15.4. The number of benzene rings is 1. The standard InChI is InChI=1S/C13H15F4NOS/c14-11-7-9(8-18-10-2-3-10)1-4-12(11)19-5-6-20-13(15,16)17/h1,4,7,10,18H,2-3,5-6,8H2. The highest BCUT2D eigenvalue weighted by Gasteiger charge is 2.27. The van der Waals surface area contributed by atoms with Crippen LogP contribution in [0.1, 0.15) is 18.4 Å². The Bertz CT molecular complexity index is 448. The van der Waals surface area contributed by atoms with Gasteiger partial charge in [-0.2, -0.15) is 13.2 Å². The van der Waals surface area contributed by atoms with Crippen LogP contribution >= 0.6 is 11.8 Å². The molecule has 1 fully saturated rings. The maximum absolute atomic E-state index is 13.7. The predicted molar refractivity (Wildman–Crippen MR) is 70.3 cm³/mol. The van der Waals surface area contributed by atoms with Crippen molar-refractivity contribution in [3.05, 3.63) is 29.6 Å². The molecule has 0 unspecified atom stereocenters. The van der Waals surface area contributed by atoms with Crippen LogP contribution in [-0.2, 0) is 6.54 Å². The monoisotopic (exact) mass is 309 g/mol. The SMILES string of the molecule is Fc1cc(CNC2CC2)ccc1OCCSC(F)(F)F. The van der Waals surface area contributed by atoms with Gasteiger partial charge in [-0.3, -0.25) is 0 Å². The Hall–Kier alpha value is -0.950. The molecule has 1 aromatic carbocycles. The van der Waals surface area contributed by atoms with Crippen molar-refractivity contribution in [2.45, 2.75) is 30.9 Å². The fourth-order valence-electron chi connectivity index (χ4n) is 1.63. The summed E-state index contributed by atoms with van der Waals surface area (Å²) in [5, 5.41) is 3.25. The second-order valence-electron chi connectivity index (χ2n) is 4.56. The minimum Gasteiger partial charge on any atom is -0.490 e. The van der Waals surface area contributed by atoms with Gasteiger partial charge >= 0.3 is 5.51 Å². The molecule has 112 valence electrons. The Labute approximate surface area is 118 Å². The van der Waals surface area contributed by atoms with Gasteiger partial charge in [-0.05, 0) is 42.3 Å². The second kappa shape index (κ2) is 6.67. The van der Waals surface area contributed by atoms with E-state index >= 15 is 0 Å². The van der Waals surface area contributed by atoms with Crippen LogP contribution < -0.4 is 10.1 Å². The summed E-state index contributed by atoms with van der Waals surface area (Å²) in [6, 6.07) is 5.05. The number of hydrogen-bond donors (Lipinski definition) is 1. The minimum absolute atomic E-state index is 0.0112. The molecule has 7 heteroatoms. The predicted octanol–water partition coefficient (Wildman–Crippen LogP) is 3.71. The van der Waals surface area contributed by atoms with Gasteiger partial charge in [0.1, 0.15) is 0 Å². The average Bonchev–Trinajstić information content (AvgIpc) is 3.17. The molecule has 0 aromatic heterocycles. The molecular formula is C13H15F4NOS. The molecule has 0 spiro atoms. The average molecular weight is 309 g/mol. The van der Waals surface area contributed by atoms with Crippen molar-refractivity contribution in [1.29, 1.82) is 0 Å². The van der Waals surface area contributed by atoms with Gasteiger partial charge in [0.15, 0.2) is 11.6 Å². The summed E-state index contributed by atoms with van der Waals surface area (Å²) in [7, 11) is 0. The van der Waals surface area contributed by atoms with Crippen molar-refractivity contribution in [3.63, 3.8) is 0 Å². The van der Waals surface area contributed by atoms with E-state index < -0.39 is 11.3 Å². The van der Waals surface area contributed by atoms with Crippen molar-refractivity contribution in [1.82, 2.24) is 5.32 Å². The van der Waals surface area contributed by atoms with E-state index in [1.54, 1.807) is 6.07 Å². The van der Waals surface area contributed by atoms with Gasteiger partial charge < -0.3 is 10.1 Å². The van der Waals surface area contributed by atoms with Crippen LogP contribution in [-0.4, -0.2) is 23.9 Å². The first-order valence-electron chi connectivity index (χ1n) is 6.29. The molecule has 0 heterocycles. The molecule has 0 bridgehead atoms. The van der Waals surface area contributed by atoms with Crippen LogP contribution in [0.3, 0.4) is 0 Å². The van der Waals surface area contributed by atoms with Gasteiger partial charge in [0.2, 0.25) is 0 Å². The lowest BCUT2D eigenvalue weighted by Crippen LogP contribution is -2.15. The molecule has 2 rings (SSSR count). The molecule has 0 aliphatic heterocycles. The van der Waals surface area contributed by atoms with Crippen LogP contribution in [0.25, 0.3) is 0 Å². The van der Waals surface area contributed by atoms with Crippen molar-refractivity contribution >= 4 is 11.8 Å². The fourth-order valence-corrected chi connectivity index (χ4v) is 2.03. The zero-order valence-electron chi connectivity index (χ0n) is 10.7. The number of thioether (sulfide) groups is 1. The molecular weight excluding hydrogens is 294 g/mol. The van der Waals surface area contributed by atoms with Gasteiger partial charge in [-0.1, -0.05) is 6.07 Å². The van der Waals surface area contributed by atoms with E-state index in [4.69, 9.17) is 4.74 Å². The van der Waals surface area contributed by atoms with Crippen molar-refractivity contribution < 1.29 is 22.3 Å². The van der Waals surface area contributed by atoms with Crippen LogP contribution in [0, 0.1) is 5.82 Å². The first-order valence-corrected chi connectivity index (χ1v) is 7.28. The van der Waals surface area contributed by atoms with Gasteiger partial charge in [-0.15, -0.1) is 0 Å². The molecule has 20 heavy (non-hydrogen) atoms. The Kier molecular flexibility index (Phi) is 5.15. The summed E-state index contributed by atoms with van der Waals surface area (Å²) >= 11 is -0.177.